The third kappa shape index (κ3) is 9.29. The van der Waals surface area contributed by atoms with Crippen LogP contribution in [-0.2, 0) is 22.4 Å². The largest absolute Gasteiger partial charge is 0.493 e. The van der Waals surface area contributed by atoms with Gasteiger partial charge in [-0.3, -0.25) is 4.79 Å². The van der Waals surface area contributed by atoms with Crippen LogP contribution in [0.25, 0.3) is 0 Å². The summed E-state index contributed by atoms with van der Waals surface area (Å²) >= 11 is 0. The van der Waals surface area contributed by atoms with E-state index in [0.29, 0.717) is 32.0 Å². The number of aromatic nitrogens is 4. The molecule has 1 aromatic carbocycles. The fraction of sp³-hybridized carbons (Fsp3) is 0.714. The van der Waals surface area contributed by atoms with Crippen molar-refractivity contribution in [1.82, 2.24) is 25.9 Å². The second kappa shape index (κ2) is 16.2. The number of ether oxygens (including phenoxy) is 3. The molecule has 0 aliphatic rings. The number of hydrogen-bond donors (Lipinski definition) is 2. The lowest BCUT2D eigenvalue weighted by Crippen LogP contribution is -2.48. The van der Waals surface area contributed by atoms with Gasteiger partial charge in [-0.25, -0.2) is 0 Å². The first kappa shape index (κ1) is 30.5. The van der Waals surface area contributed by atoms with E-state index in [9.17, 15) is 4.79 Å². The highest BCUT2D eigenvalue weighted by atomic mass is 16.5. The quantitative estimate of drug-likeness (QED) is 0.258. The van der Waals surface area contributed by atoms with E-state index in [0.717, 1.165) is 56.4 Å². The Morgan fingerprint density at radius 1 is 0.973 bits per heavy atom. The van der Waals surface area contributed by atoms with Gasteiger partial charge in [-0.1, -0.05) is 58.2 Å². The van der Waals surface area contributed by atoms with E-state index in [2.05, 4.69) is 65.8 Å². The van der Waals surface area contributed by atoms with Crippen LogP contribution in [0.15, 0.2) is 18.2 Å². The van der Waals surface area contributed by atoms with Gasteiger partial charge in [-0.05, 0) is 48.8 Å². The Balaban J connectivity index is 1.82. The molecule has 0 bridgehead atoms. The number of hydrogen-bond acceptors (Lipinski definition) is 7. The number of carbonyl (C=O) groups is 1. The second-order valence-electron chi connectivity index (χ2n) is 10.3. The van der Waals surface area contributed by atoms with E-state index < -0.39 is 0 Å². The zero-order chi connectivity index (χ0) is 27.1. The minimum atomic E-state index is -0.387. The monoisotopic (exact) mass is 517 g/mol. The van der Waals surface area contributed by atoms with Gasteiger partial charge >= 0.3 is 0 Å². The average molecular weight is 518 g/mol. The van der Waals surface area contributed by atoms with Gasteiger partial charge < -0.3 is 19.5 Å². The summed E-state index contributed by atoms with van der Waals surface area (Å²) in [6, 6.07) is 6.19. The summed E-state index contributed by atoms with van der Waals surface area (Å²) in [6.07, 6.45) is 7.66. The summed E-state index contributed by atoms with van der Waals surface area (Å²) in [7, 11) is 3.36. The van der Waals surface area contributed by atoms with Gasteiger partial charge in [0.2, 0.25) is 5.91 Å². The maximum Gasteiger partial charge on any atom is 0.226 e. The molecule has 0 radical (unpaired) electrons. The van der Waals surface area contributed by atoms with Crippen LogP contribution in [0.5, 0.6) is 11.5 Å². The third-order valence-electron chi connectivity index (χ3n) is 7.29. The normalized spacial score (nSPS) is 11.8. The molecule has 1 heterocycles. The van der Waals surface area contributed by atoms with Gasteiger partial charge in [0.15, 0.2) is 17.3 Å². The highest BCUT2D eigenvalue weighted by molar-refractivity contribution is 5.83. The van der Waals surface area contributed by atoms with Crippen molar-refractivity contribution >= 4 is 5.91 Å². The Bertz CT molecular complexity index is 894. The van der Waals surface area contributed by atoms with Crippen LogP contribution in [0.4, 0.5) is 0 Å². The van der Waals surface area contributed by atoms with Crippen LogP contribution in [-0.4, -0.2) is 60.5 Å². The van der Waals surface area contributed by atoms with Crippen molar-refractivity contribution in [3.8, 4) is 11.5 Å². The number of H-pyrrole nitrogens is 1. The molecule has 2 N–H and O–H groups in total. The number of amides is 1. The Morgan fingerprint density at radius 3 is 2.38 bits per heavy atom. The van der Waals surface area contributed by atoms with E-state index in [1.54, 1.807) is 14.2 Å². The zero-order valence-corrected chi connectivity index (χ0v) is 23.6. The molecule has 2 rings (SSSR count). The van der Waals surface area contributed by atoms with Crippen molar-refractivity contribution < 1.29 is 19.0 Å². The van der Waals surface area contributed by atoms with Gasteiger partial charge in [0.05, 0.1) is 19.1 Å². The smallest absolute Gasteiger partial charge is 0.226 e. The van der Waals surface area contributed by atoms with Crippen LogP contribution >= 0.6 is 0 Å². The van der Waals surface area contributed by atoms with E-state index in [1.807, 2.05) is 6.07 Å². The lowest BCUT2D eigenvalue weighted by Gasteiger charge is -2.40. The number of rotatable bonds is 19. The van der Waals surface area contributed by atoms with Crippen LogP contribution in [0, 0.1) is 17.3 Å². The molecule has 0 saturated heterocycles. The van der Waals surface area contributed by atoms with Crippen LogP contribution in [0.2, 0.25) is 0 Å². The van der Waals surface area contributed by atoms with Gasteiger partial charge in [-0.2, -0.15) is 5.21 Å². The summed E-state index contributed by atoms with van der Waals surface area (Å²) in [5.74, 6) is 2.80. The van der Waals surface area contributed by atoms with Crippen molar-refractivity contribution in [3.05, 3.63) is 29.6 Å². The SMILES string of the molecule is COCCCOc1cc(CCCCCCC(C(=O)NCCc2nn[nH]n2)(C(C)C)C(C)C)ccc1OC. The highest BCUT2D eigenvalue weighted by Crippen LogP contribution is 2.41. The first-order chi connectivity index (χ1) is 17.8. The standard InChI is InChI=1S/C28H47N5O4/c1-21(2)28(22(3)4,27(34)29-17-15-26-30-32-33-31-26)16-10-8-7-9-12-23-13-14-24(36-6)25(20-23)37-19-11-18-35-5/h13-14,20-22H,7-12,15-19H2,1-6H3,(H,29,34)(H,30,31,32,33). The molecule has 0 saturated carbocycles. The lowest BCUT2D eigenvalue weighted by atomic mass is 9.65. The molecule has 2 aromatic rings. The lowest BCUT2D eigenvalue weighted by molar-refractivity contribution is -0.137. The number of aromatic amines is 1. The molecule has 0 spiro atoms. The highest BCUT2D eigenvalue weighted by Gasteiger charge is 2.43. The van der Waals surface area contributed by atoms with Crippen LogP contribution in [0.3, 0.4) is 0 Å². The molecule has 1 aromatic heterocycles. The number of carbonyl (C=O) groups excluding carboxylic acids is 1. The molecule has 0 aliphatic carbocycles. The number of aryl methyl sites for hydroxylation is 1. The van der Waals surface area contributed by atoms with E-state index >= 15 is 0 Å². The maximum absolute atomic E-state index is 13.4. The Morgan fingerprint density at radius 2 is 1.73 bits per heavy atom. The topological polar surface area (TPSA) is 111 Å². The predicted octanol–water partition coefficient (Wildman–Crippen LogP) is 4.77. The summed E-state index contributed by atoms with van der Waals surface area (Å²) in [5, 5.41) is 17.1. The fourth-order valence-electron chi connectivity index (χ4n) is 5.10. The van der Waals surface area contributed by atoms with Crippen LogP contribution < -0.4 is 14.8 Å². The van der Waals surface area contributed by atoms with Crippen molar-refractivity contribution in [3.63, 3.8) is 0 Å². The predicted molar refractivity (Wildman–Crippen MR) is 145 cm³/mol. The first-order valence-corrected chi connectivity index (χ1v) is 13.6. The number of benzene rings is 1. The Labute approximate surface area is 222 Å². The number of methoxy groups -OCH3 is 2. The number of tetrazole rings is 1. The number of nitrogens with one attached hydrogen (secondary N) is 2. The molecule has 9 heteroatoms. The number of unbranched alkanes of at least 4 members (excludes halogenated alkanes) is 3. The molecule has 1 amide bonds. The average Bonchev–Trinajstić information content (AvgIpc) is 3.39. The van der Waals surface area contributed by atoms with Gasteiger partial charge in [-0.15, -0.1) is 10.2 Å². The van der Waals surface area contributed by atoms with Gasteiger partial charge in [0.1, 0.15) is 0 Å². The second-order valence-corrected chi connectivity index (χ2v) is 10.3. The molecule has 0 atom stereocenters. The van der Waals surface area contributed by atoms with E-state index in [4.69, 9.17) is 14.2 Å². The molecule has 0 aliphatic heterocycles. The molecule has 0 fully saturated rings. The molecule has 208 valence electrons. The maximum atomic E-state index is 13.4. The van der Waals surface area contributed by atoms with Crippen molar-refractivity contribution in [1.29, 1.82) is 0 Å². The van der Waals surface area contributed by atoms with Crippen molar-refractivity contribution in [2.24, 2.45) is 17.3 Å². The summed E-state index contributed by atoms with van der Waals surface area (Å²) in [4.78, 5) is 13.4. The van der Waals surface area contributed by atoms with Crippen LogP contribution in [0.1, 0.15) is 77.6 Å². The Kier molecular flexibility index (Phi) is 13.4. The minimum absolute atomic E-state index is 0.136. The molecule has 9 nitrogen and oxygen atoms in total. The third-order valence-corrected chi connectivity index (χ3v) is 7.29. The van der Waals surface area contributed by atoms with E-state index in [1.165, 1.54) is 5.56 Å². The molecular formula is C28H47N5O4. The molecule has 0 unspecified atom stereocenters. The summed E-state index contributed by atoms with van der Waals surface area (Å²) in [6.45, 7) is 10.5. The van der Waals surface area contributed by atoms with E-state index in [-0.39, 0.29) is 23.2 Å². The van der Waals surface area contributed by atoms with Gasteiger partial charge in [0.25, 0.3) is 0 Å². The minimum Gasteiger partial charge on any atom is -0.493 e. The zero-order valence-electron chi connectivity index (χ0n) is 23.6. The Hall–Kier alpha value is -2.68. The summed E-state index contributed by atoms with van der Waals surface area (Å²) in [5.41, 5.74) is 0.865. The molecule has 37 heavy (non-hydrogen) atoms. The first-order valence-electron chi connectivity index (χ1n) is 13.6. The fourth-order valence-corrected chi connectivity index (χ4v) is 5.10. The molecular weight excluding hydrogens is 470 g/mol. The van der Waals surface area contributed by atoms with Gasteiger partial charge in [0, 0.05) is 33.1 Å². The number of nitrogens with zero attached hydrogens (tertiary/aromatic N) is 3. The van der Waals surface area contributed by atoms with Crippen molar-refractivity contribution in [2.45, 2.75) is 79.1 Å². The van der Waals surface area contributed by atoms with Crippen molar-refractivity contribution in [2.75, 3.05) is 34.0 Å². The summed E-state index contributed by atoms with van der Waals surface area (Å²) < 4.78 is 16.5.